The molecule has 1 saturated heterocycles. The molecule has 5 N–H and O–H groups in total. The summed E-state index contributed by atoms with van der Waals surface area (Å²) in [6, 6.07) is 0. The van der Waals surface area contributed by atoms with Gasteiger partial charge < -0.3 is 35.0 Å². The molecular weight excluding hydrogens is 396 g/mol. The van der Waals surface area contributed by atoms with E-state index in [0.717, 1.165) is 24.0 Å². The fourth-order valence-corrected chi connectivity index (χ4v) is 4.93. The Morgan fingerprint density at radius 3 is 2.37 bits per heavy atom. The predicted molar refractivity (Wildman–Crippen MR) is 103 cm³/mol. The van der Waals surface area contributed by atoms with Crippen LogP contribution >= 0.6 is 0 Å². The molecular formula is C21H30O9. The van der Waals surface area contributed by atoms with E-state index in [0.29, 0.717) is 18.8 Å². The number of carboxylic acids is 2. The van der Waals surface area contributed by atoms with E-state index in [1.165, 1.54) is 0 Å². The van der Waals surface area contributed by atoms with Gasteiger partial charge in [0.25, 0.3) is 0 Å². The van der Waals surface area contributed by atoms with Gasteiger partial charge in [0.2, 0.25) is 0 Å². The summed E-state index contributed by atoms with van der Waals surface area (Å²) in [5, 5.41) is 48.6. The van der Waals surface area contributed by atoms with E-state index in [-0.39, 0.29) is 17.4 Å². The first-order chi connectivity index (χ1) is 14.0. The van der Waals surface area contributed by atoms with E-state index in [4.69, 9.17) is 9.47 Å². The van der Waals surface area contributed by atoms with Crippen molar-refractivity contribution in [1.82, 2.24) is 0 Å². The van der Waals surface area contributed by atoms with Crippen LogP contribution in [0.25, 0.3) is 0 Å². The van der Waals surface area contributed by atoms with Gasteiger partial charge in [-0.3, -0.25) is 0 Å². The number of aliphatic hydroxyl groups is 3. The van der Waals surface area contributed by atoms with Crippen molar-refractivity contribution >= 4 is 11.9 Å². The zero-order valence-corrected chi connectivity index (χ0v) is 17.1. The molecule has 9 nitrogen and oxygen atoms in total. The zero-order chi connectivity index (χ0) is 22.3. The first-order valence-electron chi connectivity index (χ1n) is 10.2. The maximum absolute atomic E-state index is 11.4. The third-order valence-electron chi connectivity index (χ3n) is 6.91. The van der Waals surface area contributed by atoms with Crippen molar-refractivity contribution in [1.29, 1.82) is 0 Å². The molecule has 0 spiro atoms. The highest BCUT2D eigenvalue weighted by Gasteiger charge is 2.49. The summed E-state index contributed by atoms with van der Waals surface area (Å²) in [5.74, 6) is -2.15. The fraction of sp³-hybridized carbons (Fsp3) is 0.714. The van der Waals surface area contributed by atoms with Gasteiger partial charge in [-0.25, -0.2) is 9.59 Å². The molecule has 3 rings (SSSR count). The topological polar surface area (TPSA) is 154 Å². The molecule has 1 saturated carbocycles. The molecule has 1 unspecified atom stereocenters. The Bertz CT molecular complexity index is 745. The van der Waals surface area contributed by atoms with E-state index >= 15 is 0 Å². The average molecular weight is 426 g/mol. The second kappa shape index (κ2) is 8.76. The van der Waals surface area contributed by atoms with Crippen molar-refractivity contribution in [2.45, 2.75) is 76.3 Å². The second-order valence-electron chi connectivity index (χ2n) is 8.70. The van der Waals surface area contributed by atoms with E-state index < -0.39 is 48.7 Å². The largest absolute Gasteiger partial charge is 0.479 e. The van der Waals surface area contributed by atoms with E-state index in [1.54, 1.807) is 0 Å². The first-order valence-corrected chi connectivity index (χ1v) is 10.2. The number of aliphatic carboxylic acids is 2. The Balaban J connectivity index is 1.79. The lowest BCUT2D eigenvalue weighted by molar-refractivity contribution is -0.301. The molecule has 2 aliphatic carbocycles. The van der Waals surface area contributed by atoms with Gasteiger partial charge in [0, 0.05) is 5.57 Å². The SMILES string of the molecule is C=C(C(=O)O)[C@@H]1CC[C@H](C)[C@@H]2CC(O[C@@H]3O[C@H](C(=O)O)[C@@H](O)[C@H](O)[C@H]3O)C(C)=C2C1. The van der Waals surface area contributed by atoms with Crippen molar-refractivity contribution in [3.8, 4) is 0 Å². The summed E-state index contributed by atoms with van der Waals surface area (Å²) >= 11 is 0. The number of rotatable bonds is 5. The van der Waals surface area contributed by atoms with Gasteiger partial charge in [0.1, 0.15) is 18.3 Å². The highest BCUT2D eigenvalue weighted by Crippen LogP contribution is 2.47. The molecule has 2 fully saturated rings. The Morgan fingerprint density at radius 2 is 1.77 bits per heavy atom. The number of allylic oxidation sites excluding steroid dienone is 1. The molecule has 3 aliphatic rings. The molecule has 30 heavy (non-hydrogen) atoms. The fourth-order valence-electron chi connectivity index (χ4n) is 4.93. The second-order valence-corrected chi connectivity index (χ2v) is 8.70. The van der Waals surface area contributed by atoms with Crippen LogP contribution in [-0.2, 0) is 19.1 Å². The smallest absolute Gasteiger partial charge is 0.335 e. The minimum absolute atomic E-state index is 0.163. The molecule has 168 valence electrons. The van der Waals surface area contributed by atoms with Crippen LogP contribution in [0.5, 0.6) is 0 Å². The van der Waals surface area contributed by atoms with Crippen LogP contribution in [0.15, 0.2) is 23.3 Å². The normalized spacial score (nSPS) is 41.8. The molecule has 9 heteroatoms. The summed E-state index contributed by atoms with van der Waals surface area (Å²) in [7, 11) is 0. The van der Waals surface area contributed by atoms with Crippen molar-refractivity contribution in [3.63, 3.8) is 0 Å². The molecule has 1 aliphatic heterocycles. The number of hydrogen-bond acceptors (Lipinski definition) is 7. The molecule has 0 radical (unpaired) electrons. The summed E-state index contributed by atoms with van der Waals surface area (Å²) in [6.45, 7) is 7.73. The Morgan fingerprint density at radius 1 is 1.10 bits per heavy atom. The third-order valence-corrected chi connectivity index (χ3v) is 6.91. The van der Waals surface area contributed by atoms with Gasteiger partial charge in [0.15, 0.2) is 12.4 Å². The van der Waals surface area contributed by atoms with Crippen molar-refractivity contribution < 1.29 is 44.6 Å². The lowest BCUT2D eigenvalue weighted by Crippen LogP contribution is -2.60. The maximum atomic E-state index is 11.4. The van der Waals surface area contributed by atoms with Crippen molar-refractivity contribution in [2.24, 2.45) is 17.8 Å². The van der Waals surface area contributed by atoms with Gasteiger partial charge in [-0.2, -0.15) is 0 Å². The highest BCUT2D eigenvalue weighted by atomic mass is 16.7. The van der Waals surface area contributed by atoms with Gasteiger partial charge in [-0.1, -0.05) is 19.1 Å². The summed E-state index contributed by atoms with van der Waals surface area (Å²) in [6.07, 6.45) is -5.92. The summed E-state index contributed by atoms with van der Waals surface area (Å²) in [4.78, 5) is 22.7. The molecule has 0 aromatic carbocycles. The Labute approximate surface area is 174 Å². The minimum Gasteiger partial charge on any atom is -0.479 e. The zero-order valence-electron chi connectivity index (χ0n) is 17.1. The summed E-state index contributed by atoms with van der Waals surface area (Å²) in [5.41, 5.74) is 2.21. The Kier molecular flexibility index (Phi) is 6.69. The molecule has 0 bridgehead atoms. The average Bonchev–Trinajstić information content (AvgIpc) is 2.89. The first kappa shape index (κ1) is 22.9. The van der Waals surface area contributed by atoms with Crippen LogP contribution < -0.4 is 0 Å². The molecule has 9 atom stereocenters. The van der Waals surface area contributed by atoms with Crippen LogP contribution in [0.1, 0.15) is 39.5 Å². The number of hydrogen-bond donors (Lipinski definition) is 5. The third kappa shape index (κ3) is 4.17. The number of carbonyl (C=O) groups is 2. The number of aliphatic hydroxyl groups excluding tert-OH is 3. The lowest BCUT2D eigenvalue weighted by atomic mass is 9.86. The van der Waals surface area contributed by atoms with Crippen LogP contribution in [-0.4, -0.2) is 74.3 Å². The molecule has 0 amide bonds. The highest BCUT2D eigenvalue weighted by molar-refractivity contribution is 5.86. The Hall–Kier alpha value is -1.78. The van der Waals surface area contributed by atoms with Crippen molar-refractivity contribution in [2.75, 3.05) is 0 Å². The predicted octanol–water partition coefficient (Wildman–Crippen LogP) is 0.677. The number of carboxylic acid groups (broad SMARTS) is 2. The monoisotopic (exact) mass is 426 g/mol. The van der Waals surface area contributed by atoms with Gasteiger partial charge in [-0.05, 0) is 55.9 Å². The minimum atomic E-state index is -1.77. The van der Waals surface area contributed by atoms with E-state index in [9.17, 15) is 35.1 Å². The maximum Gasteiger partial charge on any atom is 0.335 e. The summed E-state index contributed by atoms with van der Waals surface area (Å²) < 4.78 is 11.1. The standard InChI is InChI=1S/C21H30O9/c1-8-4-5-11(9(2)19(25)26)6-13-10(3)14(7-12(8)13)29-21-17(24)15(22)16(23)18(30-21)20(27)28/h8,11-12,14-18,21-24H,2,4-7H2,1,3H3,(H,25,26)(H,27,28)/t8-,11+,12-,14?,15-,16-,17+,18-,21+/m0/s1. The van der Waals surface area contributed by atoms with Gasteiger partial charge >= 0.3 is 11.9 Å². The van der Waals surface area contributed by atoms with E-state index in [2.05, 4.69) is 13.5 Å². The van der Waals surface area contributed by atoms with Crippen molar-refractivity contribution in [3.05, 3.63) is 23.3 Å². The molecule has 0 aromatic heterocycles. The van der Waals surface area contributed by atoms with Gasteiger partial charge in [-0.15, -0.1) is 0 Å². The molecule has 1 heterocycles. The number of fused-ring (bicyclic) bond motifs is 1. The van der Waals surface area contributed by atoms with Gasteiger partial charge in [0.05, 0.1) is 6.10 Å². The quantitative estimate of drug-likeness (QED) is 0.315. The van der Waals surface area contributed by atoms with Crippen LogP contribution in [0, 0.1) is 17.8 Å². The van der Waals surface area contributed by atoms with Crippen LogP contribution in [0.3, 0.4) is 0 Å². The van der Waals surface area contributed by atoms with E-state index in [1.807, 2.05) is 6.92 Å². The van der Waals surface area contributed by atoms with Crippen LogP contribution in [0.2, 0.25) is 0 Å². The lowest BCUT2D eigenvalue weighted by Gasteiger charge is -2.39. The number of ether oxygens (including phenoxy) is 2. The van der Waals surface area contributed by atoms with Crippen LogP contribution in [0.4, 0.5) is 0 Å². The molecule has 0 aromatic rings.